The van der Waals surface area contributed by atoms with Gasteiger partial charge in [-0.1, -0.05) is 24.3 Å². The highest BCUT2D eigenvalue weighted by atomic mass is 16.4. The maximum Gasteiger partial charge on any atom is 0.187 e. The molecule has 98 valence electrons. The lowest BCUT2D eigenvalue weighted by molar-refractivity contribution is -0.255. The van der Waals surface area contributed by atoms with Crippen LogP contribution in [-0.2, 0) is 6.42 Å². The molecule has 0 aliphatic rings. The number of carbonyl (C=O) groups excluding carboxylic acids is 1. The summed E-state index contributed by atoms with van der Waals surface area (Å²) in [4.78, 5) is 25.9. The quantitative estimate of drug-likeness (QED) is 0.888. The lowest BCUT2D eigenvalue weighted by Gasteiger charge is -2.12. The number of hydrogen-bond acceptors (Lipinski definition) is 3. The number of nitrogens with one attached hydrogen (secondary N) is 1. The number of hydrogen-bond donors (Lipinski definition) is 1. The van der Waals surface area contributed by atoms with E-state index in [1.54, 1.807) is 38.2 Å². The zero-order chi connectivity index (χ0) is 14.0. The summed E-state index contributed by atoms with van der Waals surface area (Å²) in [5.74, 6) is -1.21. The second-order valence-electron chi connectivity index (χ2n) is 4.53. The average Bonchev–Trinajstić information content (AvgIpc) is 2.40. The number of aromatic carboxylic acids is 1. The van der Waals surface area contributed by atoms with Gasteiger partial charge >= 0.3 is 0 Å². The molecule has 0 radical (unpaired) electrons. The summed E-state index contributed by atoms with van der Waals surface area (Å²) in [6.45, 7) is 3.48. The van der Waals surface area contributed by atoms with Crippen molar-refractivity contribution in [2.45, 2.75) is 20.3 Å². The van der Waals surface area contributed by atoms with E-state index in [2.05, 4.69) is 4.98 Å². The maximum absolute atomic E-state index is 11.8. The zero-order valence-electron chi connectivity index (χ0n) is 10.8. The Kier molecular flexibility index (Phi) is 3.51. The molecule has 0 spiro atoms. The SMILES string of the molecule is Cc1c[nH]c(Cc2ccccc2C(=O)[O-])c(C)c1=O. The Morgan fingerprint density at radius 3 is 2.63 bits per heavy atom. The minimum atomic E-state index is -1.21. The molecule has 0 saturated heterocycles. The van der Waals surface area contributed by atoms with Crippen molar-refractivity contribution < 1.29 is 9.90 Å². The largest absolute Gasteiger partial charge is 0.545 e. The molecule has 1 heterocycles. The molecule has 0 atom stereocenters. The van der Waals surface area contributed by atoms with Crippen molar-refractivity contribution >= 4 is 5.97 Å². The molecule has 4 heteroatoms. The van der Waals surface area contributed by atoms with Gasteiger partial charge in [0, 0.05) is 35.0 Å². The molecular weight excluding hydrogens is 242 g/mol. The molecule has 0 aliphatic heterocycles. The fraction of sp³-hybridized carbons (Fsp3) is 0.200. The molecule has 1 aromatic carbocycles. The van der Waals surface area contributed by atoms with Gasteiger partial charge in [0.25, 0.3) is 0 Å². The van der Waals surface area contributed by atoms with Crippen LogP contribution in [-0.4, -0.2) is 11.0 Å². The highest BCUT2D eigenvalue weighted by Gasteiger charge is 2.09. The first kappa shape index (κ1) is 13.1. The molecule has 2 aromatic rings. The summed E-state index contributed by atoms with van der Waals surface area (Å²) in [5.41, 5.74) is 2.76. The summed E-state index contributed by atoms with van der Waals surface area (Å²) >= 11 is 0. The van der Waals surface area contributed by atoms with E-state index in [9.17, 15) is 14.7 Å². The van der Waals surface area contributed by atoms with Gasteiger partial charge < -0.3 is 14.9 Å². The summed E-state index contributed by atoms with van der Waals surface area (Å²) < 4.78 is 0. The van der Waals surface area contributed by atoms with Crippen molar-refractivity contribution in [2.24, 2.45) is 0 Å². The number of H-pyrrole nitrogens is 1. The van der Waals surface area contributed by atoms with E-state index in [1.807, 2.05) is 0 Å². The van der Waals surface area contributed by atoms with Crippen LogP contribution in [0.2, 0.25) is 0 Å². The fourth-order valence-electron chi connectivity index (χ4n) is 2.05. The summed E-state index contributed by atoms with van der Waals surface area (Å²) in [5, 5.41) is 11.0. The van der Waals surface area contributed by atoms with Crippen molar-refractivity contribution in [3.63, 3.8) is 0 Å². The molecule has 0 amide bonds. The van der Waals surface area contributed by atoms with Crippen molar-refractivity contribution in [1.29, 1.82) is 0 Å². The normalized spacial score (nSPS) is 10.4. The van der Waals surface area contributed by atoms with Crippen LogP contribution in [0.1, 0.15) is 32.7 Å². The molecule has 2 rings (SSSR count). The van der Waals surface area contributed by atoms with Crippen LogP contribution in [0.5, 0.6) is 0 Å². The number of benzene rings is 1. The summed E-state index contributed by atoms with van der Waals surface area (Å²) in [7, 11) is 0. The first-order valence-corrected chi connectivity index (χ1v) is 5.97. The third-order valence-electron chi connectivity index (χ3n) is 3.22. The molecule has 0 fully saturated rings. The Morgan fingerprint density at radius 2 is 1.95 bits per heavy atom. The Balaban J connectivity index is 2.45. The van der Waals surface area contributed by atoms with Crippen LogP contribution < -0.4 is 10.5 Å². The van der Waals surface area contributed by atoms with Gasteiger partial charge in [0.05, 0.1) is 5.97 Å². The van der Waals surface area contributed by atoms with Crippen molar-refractivity contribution in [3.8, 4) is 0 Å². The Hall–Kier alpha value is -2.36. The van der Waals surface area contributed by atoms with Crippen molar-refractivity contribution in [3.05, 3.63) is 68.6 Å². The van der Waals surface area contributed by atoms with Gasteiger partial charge in [-0.15, -0.1) is 0 Å². The highest BCUT2D eigenvalue weighted by Crippen LogP contribution is 2.14. The monoisotopic (exact) mass is 256 g/mol. The molecular formula is C15H14NO3-. The van der Waals surface area contributed by atoms with E-state index < -0.39 is 5.97 Å². The number of carboxylic acid groups (broad SMARTS) is 1. The van der Waals surface area contributed by atoms with E-state index in [4.69, 9.17) is 0 Å². The van der Waals surface area contributed by atoms with Crippen LogP contribution in [0, 0.1) is 13.8 Å². The smallest absolute Gasteiger partial charge is 0.187 e. The summed E-state index contributed by atoms with van der Waals surface area (Å²) in [6.07, 6.45) is 2.01. The fourth-order valence-corrected chi connectivity index (χ4v) is 2.05. The number of aryl methyl sites for hydroxylation is 1. The lowest BCUT2D eigenvalue weighted by Crippen LogP contribution is -2.24. The number of carbonyl (C=O) groups is 1. The summed E-state index contributed by atoms with van der Waals surface area (Å²) in [6, 6.07) is 6.65. The number of aromatic nitrogens is 1. The van der Waals surface area contributed by atoms with E-state index >= 15 is 0 Å². The second-order valence-corrected chi connectivity index (χ2v) is 4.53. The molecule has 0 bridgehead atoms. The van der Waals surface area contributed by atoms with Gasteiger partial charge in [0.2, 0.25) is 0 Å². The molecule has 0 aliphatic carbocycles. The zero-order valence-corrected chi connectivity index (χ0v) is 10.8. The van der Waals surface area contributed by atoms with E-state index in [1.165, 1.54) is 6.07 Å². The van der Waals surface area contributed by atoms with Crippen LogP contribution >= 0.6 is 0 Å². The molecule has 1 N–H and O–H groups in total. The standard InChI is InChI=1S/C15H15NO3/c1-9-8-16-13(10(2)14(9)17)7-11-5-3-4-6-12(11)15(18)19/h3-6,8H,7H2,1-2H3,(H,16,17)(H,18,19)/p-1. The van der Waals surface area contributed by atoms with Crippen LogP contribution in [0.4, 0.5) is 0 Å². The van der Waals surface area contributed by atoms with Crippen LogP contribution in [0.3, 0.4) is 0 Å². The predicted molar refractivity (Wildman–Crippen MR) is 70.1 cm³/mol. The third kappa shape index (κ3) is 2.57. The van der Waals surface area contributed by atoms with Gasteiger partial charge in [-0.2, -0.15) is 0 Å². The Bertz CT molecular complexity index is 686. The number of pyridine rings is 1. The predicted octanol–water partition coefficient (Wildman–Crippen LogP) is 0.946. The average molecular weight is 256 g/mol. The molecule has 19 heavy (non-hydrogen) atoms. The number of carboxylic acids is 1. The Morgan fingerprint density at radius 1 is 1.26 bits per heavy atom. The molecule has 0 saturated carbocycles. The maximum atomic E-state index is 11.8. The van der Waals surface area contributed by atoms with Gasteiger partial charge in [0.15, 0.2) is 5.43 Å². The minimum absolute atomic E-state index is 0.0142. The van der Waals surface area contributed by atoms with Crippen molar-refractivity contribution in [1.82, 2.24) is 4.98 Å². The number of rotatable bonds is 3. The van der Waals surface area contributed by atoms with E-state index in [0.29, 0.717) is 23.1 Å². The molecule has 0 unspecified atom stereocenters. The molecule has 1 aromatic heterocycles. The van der Waals surface area contributed by atoms with E-state index in [0.717, 1.165) is 5.69 Å². The van der Waals surface area contributed by atoms with Crippen LogP contribution in [0.15, 0.2) is 35.3 Å². The van der Waals surface area contributed by atoms with Crippen LogP contribution in [0.25, 0.3) is 0 Å². The lowest BCUT2D eigenvalue weighted by atomic mass is 10.00. The van der Waals surface area contributed by atoms with Gasteiger partial charge in [-0.05, 0) is 19.4 Å². The first-order valence-electron chi connectivity index (χ1n) is 5.97. The van der Waals surface area contributed by atoms with Gasteiger partial charge in [-0.3, -0.25) is 4.79 Å². The first-order chi connectivity index (χ1) is 9.00. The topological polar surface area (TPSA) is 73.0 Å². The van der Waals surface area contributed by atoms with Gasteiger partial charge in [0.1, 0.15) is 0 Å². The van der Waals surface area contributed by atoms with Crippen molar-refractivity contribution in [2.75, 3.05) is 0 Å². The third-order valence-corrected chi connectivity index (χ3v) is 3.22. The minimum Gasteiger partial charge on any atom is -0.545 e. The van der Waals surface area contributed by atoms with Gasteiger partial charge in [-0.25, -0.2) is 0 Å². The highest BCUT2D eigenvalue weighted by molar-refractivity contribution is 5.87. The second kappa shape index (κ2) is 5.10. The van der Waals surface area contributed by atoms with E-state index in [-0.39, 0.29) is 11.0 Å². The number of aromatic amines is 1. The molecule has 4 nitrogen and oxygen atoms in total. The Labute approximate surface area is 110 Å².